The van der Waals surface area contributed by atoms with E-state index in [1.165, 1.54) is 11.1 Å². The maximum Gasteiger partial charge on any atom is 0.114 e. The Kier molecular flexibility index (Phi) is 2.04. The van der Waals surface area contributed by atoms with E-state index in [9.17, 15) is 0 Å². The zero-order chi connectivity index (χ0) is 7.40. The van der Waals surface area contributed by atoms with Crippen LogP contribution in [-0.2, 0) is 0 Å². The van der Waals surface area contributed by atoms with E-state index in [1.54, 1.807) is 12.4 Å². The van der Waals surface area contributed by atoms with Crippen LogP contribution in [-0.4, -0.2) is 22.8 Å². The number of nitrogens with one attached hydrogen (secondary N) is 1. The van der Waals surface area contributed by atoms with Gasteiger partial charge in [-0.1, -0.05) is 0 Å². The van der Waals surface area contributed by atoms with E-state index in [0.717, 1.165) is 5.56 Å². The summed E-state index contributed by atoms with van der Waals surface area (Å²) in [5.74, 6) is 0. The first-order chi connectivity index (χ1) is 4.86. The van der Waals surface area contributed by atoms with Gasteiger partial charge in [-0.2, -0.15) is 0 Å². The van der Waals surface area contributed by atoms with E-state index in [4.69, 9.17) is 10.2 Å². The van der Waals surface area contributed by atoms with Crippen LogP contribution in [0.2, 0.25) is 0 Å². The number of aromatic nitrogens is 2. The van der Waals surface area contributed by atoms with Crippen LogP contribution in [0.3, 0.4) is 0 Å². The van der Waals surface area contributed by atoms with E-state index < -0.39 is 0 Å². The quantitative estimate of drug-likeness (QED) is 0.613. The largest absolute Gasteiger partial charge is 0.397 e. The van der Waals surface area contributed by atoms with Gasteiger partial charge in [-0.3, -0.25) is 0 Å². The van der Waals surface area contributed by atoms with Crippen molar-refractivity contribution >= 4 is 6.21 Å². The second-order valence-corrected chi connectivity index (χ2v) is 1.74. The highest BCUT2D eigenvalue weighted by Gasteiger charge is 1.92. The molecule has 0 fully saturated rings. The van der Waals surface area contributed by atoms with Gasteiger partial charge in [-0.25, -0.2) is 0 Å². The molecule has 1 rings (SSSR count). The summed E-state index contributed by atoms with van der Waals surface area (Å²) in [5, 5.41) is 10.7. The van der Waals surface area contributed by atoms with Crippen molar-refractivity contribution in [3.8, 4) is 0 Å². The number of hydrogen-bond acceptors (Lipinski definition) is 3. The summed E-state index contributed by atoms with van der Waals surface area (Å²) in [6, 6.07) is 0. The Balaban J connectivity index is 2.68. The minimum Gasteiger partial charge on any atom is -0.397 e. The van der Waals surface area contributed by atoms with Crippen molar-refractivity contribution in [2.24, 2.45) is 0 Å². The molecule has 0 saturated carbocycles. The Morgan fingerprint density at radius 1 is 1.90 bits per heavy atom. The lowest BCUT2D eigenvalue weighted by molar-refractivity contribution is 0.0927. The minimum absolute atomic E-state index is 0.582. The third-order valence-corrected chi connectivity index (χ3v) is 1.01. The molecular formula is C6H9N3O. The van der Waals surface area contributed by atoms with Crippen LogP contribution in [0.15, 0.2) is 12.4 Å². The van der Waals surface area contributed by atoms with Gasteiger partial charge in [0.1, 0.15) is 6.61 Å². The summed E-state index contributed by atoms with van der Waals surface area (Å²) in [5.41, 5.74) is 0.744. The van der Waals surface area contributed by atoms with Gasteiger partial charge in [0.05, 0.1) is 12.4 Å². The van der Waals surface area contributed by atoms with E-state index >= 15 is 0 Å². The molecule has 54 valence electrons. The fraction of sp³-hybridized carbons (Fsp3) is 0.333. The highest BCUT2D eigenvalue weighted by atomic mass is 16.7. The summed E-state index contributed by atoms with van der Waals surface area (Å²) in [4.78, 5) is 6.34. The van der Waals surface area contributed by atoms with Crippen LogP contribution >= 0.6 is 0 Å². The average Bonchev–Trinajstić information content (AvgIpc) is 2.37. The normalized spacial score (nSPS) is 9.30. The zero-order valence-corrected chi connectivity index (χ0v) is 5.74. The van der Waals surface area contributed by atoms with E-state index in [-0.39, 0.29) is 0 Å². The van der Waals surface area contributed by atoms with Crippen LogP contribution < -0.4 is 4.84 Å². The molecule has 1 aromatic rings. The molecule has 0 atom stereocenters. The summed E-state index contributed by atoms with van der Waals surface area (Å²) in [7, 11) is 0. The summed E-state index contributed by atoms with van der Waals surface area (Å²) < 4.78 is 0. The van der Waals surface area contributed by atoms with Crippen LogP contribution in [0.5, 0.6) is 0 Å². The topological polar surface area (TPSA) is 50.9 Å². The third kappa shape index (κ3) is 1.34. The Hall–Kier alpha value is -1.32. The molecule has 0 amide bonds. The van der Waals surface area contributed by atoms with Crippen molar-refractivity contribution < 1.29 is 4.84 Å². The van der Waals surface area contributed by atoms with Gasteiger partial charge in [0.15, 0.2) is 0 Å². The highest BCUT2D eigenvalue weighted by Crippen LogP contribution is 1.89. The molecule has 1 heterocycles. The molecule has 0 spiro atoms. The van der Waals surface area contributed by atoms with Gasteiger partial charge in [0, 0.05) is 11.8 Å². The Morgan fingerprint density at radius 2 is 2.70 bits per heavy atom. The van der Waals surface area contributed by atoms with Crippen molar-refractivity contribution in [1.82, 2.24) is 9.94 Å². The van der Waals surface area contributed by atoms with E-state index in [0.29, 0.717) is 6.61 Å². The van der Waals surface area contributed by atoms with Gasteiger partial charge in [0.25, 0.3) is 0 Å². The molecule has 0 aliphatic carbocycles. The predicted molar refractivity (Wildman–Crippen MR) is 37.2 cm³/mol. The van der Waals surface area contributed by atoms with E-state index in [2.05, 4.69) is 5.10 Å². The summed E-state index contributed by atoms with van der Waals surface area (Å²) in [6.45, 7) is 2.46. The molecule has 0 aliphatic heterocycles. The molecule has 1 N–H and O–H groups in total. The lowest BCUT2D eigenvalue weighted by atomic mass is 10.4. The fourth-order valence-electron chi connectivity index (χ4n) is 0.595. The molecule has 0 unspecified atom stereocenters. The molecule has 0 saturated heterocycles. The second-order valence-electron chi connectivity index (χ2n) is 1.74. The number of rotatable bonds is 3. The second kappa shape index (κ2) is 3.00. The first kappa shape index (κ1) is 6.80. The molecule has 0 aromatic carbocycles. The monoisotopic (exact) mass is 139 g/mol. The molecule has 0 bridgehead atoms. The number of nitrogens with zero attached hydrogens (tertiary/aromatic N) is 2. The standard InChI is InChI=1S/C6H9N3O/c1-2-10-9-5-6(3-7)4-8-9/h3-5,7H,2H2,1H3. The summed E-state index contributed by atoms with van der Waals surface area (Å²) in [6.07, 6.45) is 4.45. The minimum atomic E-state index is 0.582. The smallest absolute Gasteiger partial charge is 0.114 e. The lowest BCUT2D eigenvalue weighted by Gasteiger charge is -1.97. The third-order valence-electron chi connectivity index (χ3n) is 1.01. The molecule has 10 heavy (non-hydrogen) atoms. The van der Waals surface area contributed by atoms with Crippen LogP contribution in [0.25, 0.3) is 0 Å². The first-order valence-corrected chi connectivity index (χ1v) is 3.05. The fourth-order valence-corrected chi connectivity index (χ4v) is 0.595. The van der Waals surface area contributed by atoms with Crippen LogP contribution in [0.4, 0.5) is 0 Å². The van der Waals surface area contributed by atoms with Crippen molar-refractivity contribution in [2.75, 3.05) is 6.61 Å². The summed E-state index contributed by atoms with van der Waals surface area (Å²) >= 11 is 0. The van der Waals surface area contributed by atoms with Gasteiger partial charge >= 0.3 is 0 Å². The van der Waals surface area contributed by atoms with Crippen LogP contribution in [0.1, 0.15) is 12.5 Å². The highest BCUT2D eigenvalue weighted by molar-refractivity contribution is 5.75. The van der Waals surface area contributed by atoms with Gasteiger partial charge in [0.2, 0.25) is 0 Å². The maximum atomic E-state index is 6.86. The molecule has 1 aromatic heterocycles. The SMILES string of the molecule is CCOn1cc(C=N)cn1. The average molecular weight is 139 g/mol. The maximum absolute atomic E-state index is 6.86. The number of hydrogen-bond donors (Lipinski definition) is 1. The van der Waals surface area contributed by atoms with Crippen molar-refractivity contribution in [1.29, 1.82) is 5.41 Å². The molecule has 4 nitrogen and oxygen atoms in total. The zero-order valence-electron chi connectivity index (χ0n) is 5.74. The molecule has 4 heteroatoms. The van der Waals surface area contributed by atoms with E-state index in [1.807, 2.05) is 6.92 Å². The van der Waals surface area contributed by atoms with Crippen molar-refractivity contribution in [2.45, 2.75) is 6.92 Å². The Morgan fingerprint density at radius 3 is 3.20 bits per heavy atom. The molecule has 0 aliphatic rings. The van der Waals surface area contributed by atoms with Crippen LogP contribution in [0, 0.1) is 5.41 Å². The van der Waals surface area contributed by atoms with Gasteiger partial charge in [-0.05, 0) is 6.92 Å². The Labute approximate surface area is 58.9 Å². The van der Waals surface area contributed by atoms with Crippen molar-refractivity contribution in [3.63, 3.8) is 0 Å². The molecule has 0 radical (unpaired) electrons. The van der Waals surface area contributed by atoms with Crippen molar-refractivity contribution in [3.05, 3.63) is 18.0 Å². The molecular weight excluding hydrogens is 130 g/mol. The predicted octanol–water partition coefficient (Wildman–Crippen LogP) is 0.329. The Bertz CT molecular complexity index is 219. The lowest BCUT2D eigenvalue weighted by Crippen LogP contribution is -2.10. The van der Waals surface area contributed by atoms with Gasteiger partial charge in [-0.15, -0.1) is 9.94 Å². The van der Waals surface area contributed by atoms with Gasteiger partial charge < -0.3 is 10.2 Å². The first-order valence-electron chi connectivity index (χ1n) is 3.05.